The molecule has 0 aliphatic rings. The zero-order valence-corrected chi connectivity index (χ0v) is 15.1. The molecule has 0 atom stereocenters. The van der Waals surface area contributed by atoms with Gasteiger partial charge in [0, 0.05) is 5.56 Å². The molecule has 0 saturated carbocycles. The molecule has 0 bridgehead atoms. The van der Waals surface area contributed by atoms with E-state index in [1.165, 1.54) is 18.9 Å². The Bertz CT molecular complexity index is 742. The van der Waals surface area contributed by atoms with Crippen LogP contribution in [0.2, 0.25) is 0 Å². The monoisotopic (exact) mass is 356 g/mol. The Morgan fingerprint density at radius 3 is 2.69 bits per heavy atom. The van der Waals surface area contributed by atoms with E-state index >= 15 is 0 Å². The van der Waals surface area contributed by atoms with Crippen LogP contribution in [-0.2, 0) is 11.2 Å². The lowest BCUT2D eigenvalue weighted by Crippen LogP contribution is -2.24. The standard InChI is InChI=1S/C20H24N2O4/c1-3-4-6-15-9-11-17(12-10-15)26-14-19(23)22-21-13-16-7-5-8-18(25-2)20(16)24/h5,7-13,24H,3-4,6,14H2,1-2H3,(H,22,23)/b21-13+. The molecule has 0 spiro atoms. The smallest absolute Gasteiger partial charge is 0.277 e. The number of hydrogen-bond acceptors (Lipinski definition) is 5. The summed E-state index contributed by atoms with van der Waals surface area (Å²) in [5.74, 6) is 0.548. The number of para-hydroxylation sites is 1. The fraction of sp³-hybridized carbons (Fsp3) is 0.300. The van der Waals surface area contributed by atoms with E-state index in [-0.39, 0.29) is 12.4 Å². The first-order chi connectivity index (χ1) is 12.6. The van der Waals surface area contributed by atoms with Crippen molar-refractivity contribution in [1.29, 1.82) is 0 Å². The van der Waals surface area contributed by atoms with E-state index in [1.807, 2.05) is 24.3 Å². The quantitative estimate of drug-likeness (QED) is 0.534. The number of hydrogen-bond donors (Lipinski definition) is 2. The number of benzene rings is 2. The van der Waals surface area contributed by atoms with Crippen LogP contribution in [0.15, 0.2) is 47.6 Å². The summed E-state index contributed by atoms with van der Waals surface area (Å²) in [6, 6.07) is 12.7. The van der Waals surface area contributed by atoms with Gasteiger partial charge >= 0.3 is 0 Å². The minimum atomic E-state index is -0.390. The Balaban J connectivity index is 1.80. The first kappa shape index (κ1) is 19.3. The molecule has 2 N–H and O–H groups in total. The van der Waals surface area contributed by atoms with Gasteiger partial charge in [0.05, 0.1) is 13.3 Å². The molecule has 6 heteroatoms. The van der Waals surface area contributed by atoms with Gasteiger partial charge in [-0.3, -0.25) is 4.79 Å². The second kappa shape index (κ2) is 10.1. The van der Waals surface area contributed by atoms with Crippen LogP contribution >= 0.6 is 0 Å². The normalized spacial score (nSPS) is 10.7. The Labute approximate surface area is 153 Å². The van der Waals surface area contributed by atoms with Crippen molar-refractivity contribution in [2.24, 2.45) is 5.10 Å². The highest BCUT2D eigenvalue weighted by Crippen LogP contribution is 2.27. The molecule has 2 aromatic rings. The lowest BCUT2D eigenvalue weighted by molar-refractivity contribution is -0.123. The van der Waals surface area contributed by atoms with Crippen LogP contribution in [0.5, 0.6) is 17.2 Å². The molecule has 0 saturated heterocycles. The minimum absolute atomic E-state index is 0.0348. The summed E-state index contributed by atoms with van der Waals surface area (Å²) in [7, 11) is 1.46. The van der Waals surface area contributed by atoms with E-state index in [0.717, 1.165) is 19.3 Å². The highest BCUT2D eigenvalue weighted by Gasteiger charge is 2.05. The lowest BCUT2D eigenvalue weighted by atomic mass is 10.1. The Kier molecular flexibility index (Phi) is 7.49. The first-order valence-corrected chi connectivity index (χ1v) is 8.53. The van der Waals surface area contributed by atoms with Crippen LogP contribution in [0.25, 0.3) is 0 Å². The molecule has 0 heterocycles. The number of phenolic OH excluding ortho intramolecular Hbond substituents is 1. The number of aryl methyl sites for hydroxylation is 1. The number of nitrogens with one attached hydrogen (secondary N) is 1. The zero-order valence-electron chi connectivity index (χ0n) is 15.1. The molecule has 2 rings (SSSR count). The second-order valence-electron chi connectivity index (χ2n) is 5.73. The SMILES string of the molecule is CCCCc1ccc(OCC(=O)N/N=C/c2cccc(OC)c2O)cc1. The van der Waals surface area contributed by atoms with Crippen LogP contribution in [0, 0.1) is 0 Å². The molecular weight excluding hydrogens is 332 g/mol. The molecule has 0 aromatic heterocycles. The molecule has 0 aliphatic carbocycles. The highest BCUT2D eigenvalue weighted by molar-refractivity contribution is 5.86. The van der Waals surface area contributed by atoms with Gasteiger partial charge < -0.3 is 14.6 Å². The van der Waals surface area contributed by atoms with Gasteiger partial charge in [-0.25, -0.2) is 5.43 Å². The Morgan fingerprint density at radius 1 is 1.23 bits per heavy atom. The largest absolute Gasteiger partial charge is 0.504 e. The number of methoxy groups -OCH3 is 1. The number of rotatable bonds is 9. The van der Waals surface area contributed by atoms with Crippen LogP contribution in [-0.4, -0.2) is 30.9 Å². The highest BCUT2D eigenvalue weighted by atomic mass is 16.5. The third kappa shape index (κ3) is 5.81. The van der Waals surface area contributed by atoms with Crippen LogP contribution in [0.1, 0.15) is 30.9 Å². The van der Waals surface area contributed by atoms with Gasteiger partial charge in [0.1, 0.15) is 5.75 Å². The van der Waals surface area contributed by atoms with Gasteiger partial charge in [-0.05, 0) is 42.7 Å². The first-order valence-electron chi connectivity index (χ1n) is 8.53. The molecule has 6 nitrogen and oxygen atoms in total. The van der Waals surface area contributed by atoms with Crippen molar-refractivity contribution in [2.45, 2.75) is 26.2 Å². The van der Waals surface area contributed by atoms with E-state index in [9.17, 15) is 9.90 Å². The maximum atomic E-state index is 11.8. The van der Waals surface area contributed by atoms with Crippen molar-refractivity contribution < 1.29 is 19.4 Å². The number of aromatic hydroxyl groups is 1. The number of phenols is 1. The zero-order chi connectivity index (χ0) is 18.8. The van der Waals surface area contributed by atoms with E-state index in [1.54, 1.807) is 18.2 Å². The number of ether oxygens (including phenoxy) is 2. The van der Waals surface area contributed by atoms with Crippen molar-refractivity contribution in [1.82, 2.24) is 5.43 Å². The van der Waals surface area contributed by atoms with Crippen LogP contribution in [0.4, 0.5) is 0 Å². The van der Waals surface area contributed by atoms with E-state index in [2.05, 4.69) is 17.5 Å². The number of amides is 1. The van der Waals surface area contributed by atoms with Gasteiger partial charge in [0.25, 0.3) is 5.91 Å². The summed E-state index contributed by atoms with van der Waals surface area (Å²) in [4.78, 5) is 11.8. The van der Waals surface area contributed by atoms with Crippen molar-refractivity contribution in [2.75, 3.05) is 13.7 Å². The number of carbonyl (C=O) groups is 1. The van der Waals surface area contributed by atoms with E-state index in [0.29, 0.717) is 17.1 Å². The van der Waals surface area contributed by atoms with Gasteiger partial charge in [0.15, 0.2) is 18.1 Å². The average molecular weight is 356 g/mol. The predicted molar refractivity (Wildman–Crippen MR) is 101 cm³/mol. The second-order valence-corrected chi connectivity index (χ2v) is 5.73. The van der Waals surface area contributed by atoms with E-state index < -0.39 is 5.91 Å². The average Bonchev–Trinajstić information content (AvgIpc) is 2.67. The van der Waals surface area contributed by atoms with Crippen LogP contribution < -0.4 is 14.9 Å². The number of nitrogens with zero attached hydrogens (tertiary/aromatic N) is 1. The molecular formula is C20H24N2O4. The summed E-state index contributed by atoms with van der Waals surface area (Å²) in [6.45, 7) is 2.02. The third-order valence-electron chi connectivity index (χ3n) is 3.76. The predicted octanol–water partition coefficient (Wildman–Crippen LogP) is 3.27. The Hall–Kier alpha value is -3.02. The number of carbonyl (C=O) groups excluding carboxylic acids is 1. The van der Waals surface area contributed by atoms with E-state index in [4.69, 9.17) is 9.47 Å². The lowest BCUT2D eigenvalue weighted by Gasteiger charge is -2.07. The third-order valence-corrected chi connectivity index (χ3v) is 3.76. The molecule has 1 amide bonds. The number of unbranched alkanes of at least 4 members (excludes halogenated alkanes) is 1. The maximum Gasteiger partial charge on any atom is 0.277 e. The van der Waals surface area contributed by atoms with Crippen molar-refractivity contribution in [3.8, 4) is 17.2 Å². The molecule has 0 radical (unpaired) electrons. The molecule has 0 aliphatic heterocycles. The summed E-state index contributed by atoms with van der Waals surface area (Å²) in [5, 5.41) is 13.7. The van der Waals surface area contributed by atoms with Crippen molar-refractivity contribution >= 4 is 12.1 Å². The van der Waals surface area contributed by atoms with Crippen molar-refractivity contribution in [3.05, 3.63) is 53.6 Å². The summed E-state index contributed by atoms with van der Waals surface area (Å²) in [5.41, 5.74) is 4.05. The molecule has 0 unspecified atom stereocenters. The van der Waals surface area contributed by atoms with Crippen molar-refractivity contribution in [3.63, 3.8) is 0 Å². The van der Waals surface area contributed by atoms with Crippen LogP contribution in [0.3, 0.4) is 0 Å². The fourth-order valence-electron chi connectivity index (χ4n) is 2.30. The molecule has 2 aromatic carbocycles. The molecule has 26 heavy (non-hydrogen) atoms. The van der Waals surface area contributed by atoms with Gasteiger partial charge in [-0.15, -0.1) is 0 Å². The topological polar surface area (TPSA) is 80.2 Å². The minimum Gasteiger partial charge on any atom is -0.504 e. The molecule has 0 fully saturated rings. The summed E-state index contributed by atoms with van der Waals surface area (Å²) >= 11 is 0. The molecule has 138 valence electrons. The Morgan fingerprint density at radius 2 is 2.00 bits per heavy atom. The number of hydrazone groups is 1. The van der Waals surface area contributed by atoms with Gasteiger partial charge in [0.2, 0.25) is 0 Å². The van der Waals surface area contributed by atoms with Gasteiger partial charge in [-0.1, -0.05) is 31.5 Å². The maximum absolute atomic E-state index is 11.8. The summed E-state index contributed by atoms with van der Waals surface area (Å²) < 4.78 is 10.4. The summed E-state index contributed by atoms with van der Waals surface area (Å²) in [6.07, 6.45) is 4.71. The fourth-order valence-corrected chi connectivity index (χ4v) is 2.30. The van der Waals surface area contributed by atoms with Gasteiger partial charge in [-0.2, -0.15) is 5.10 Å².